The van der Waals surface area contributed by atoms with Gasteiger partial charge in [-0.1, -0.05) is 5.92 Å². The fraction of sp³-hybridized carbons (Fsp3) is 0.111. The van der Waals surface area contributed by atoms with Gasteiger partial charge in [-0.05, 0) is 0 Å². The van der Waals surface area contributed by atoms with Crippen LogP contribution in [0.1, 0.15) is 0 Å². The molecule has 0 saturated carbocycles. The summed E-state index contributed by atoms with van der Waals surface area (Å²) in [5.74, 6) is 0.492. The van der Waals surface area contributed by atoms with Crippen LogP contribution in [0.25, 0.3) is 0 Å². The van der Waals surface area contributed by atoms with Crippen molar-refractivity contribution >= 4 is 5.69 Å². The molecule has 1 rings (SSSR count). The molecule has 0 fully saturated rings. The third-order valence-electron chi connectivity index (χ3n) is 1.37. The molecule has 0 radical (unpaired) electrons. The molecule has 2 nitrogen and oxygen atoms in total. The first kappa shape index (κ1) is 9.33. The predicted molar refractivity (Wildman–Crippen MR) is 45.1 cm³/mol. The molecule has 1 aromatic rings. The highest BCUT2D eigenvalue weighted by Gasteiger charge is 2.07. The lowest BCUT2D eigenvalue weighted by Crippen LogP contribution is -1.99. The zero-order valence-corrected chi connectivity index (χ0v) is 6.68. The Morgan fingerprint density at radius 3 is 2.38 bits per heavy atom. The van der Waals surface area contributed by atoms with Gasteiger partial charge in [0.05, 0.1) is 0 Å². The second-order valence-electron chi connectivity index (χ2n) is 2.29. The smallest absolute Gasteiger partial charge is 0.152 e. The molecule has 0 spiro atoms. The van der Waals surface area contributed by atoms with Gasteiger partial charge in [0.25, 0.3) is 0 Å². The fourth-order valence-electron chi connectivity index (χ4n) is 0.769. The minimum Gasteiger partial charge on any atom is -0.481 e. The lowest BCUT2D eigenvalue weighted by atomic mass is 10.3. The summed E-state index contributed by atoms with van der Waals surface area (Å²) in [6.07, 6.45) is 4.90. The molecule has 0 amide bonds. The molecule has 68 valence electrons. The number of ether oxygens (including phenoxy) is 1. The van der Waals surface area contributed by atoms with Gasteiger partial charge in [-0.3, -0.25) is 0 Å². The highest BCUT2D eigenvalue weighted by molar-refractivity contribution is 5.45. The van der Waals surface area contributed by atoms with Crippen molar-refractivity contribution in [3.63, 3.8) is 0 Å². The monoisotopic (exact) mass is 183 g/mol. The maximum absolute atomic E-state index is 12.8. The Kier molecular flexibility index (Phi) is 2.70. The van der Waals surface area contributed by atoms with Crippen LogP contribution in [-0.2, 0) is 0 Å². The minimum absolute atomic E-state index is 0.0298. The normalized spacial score (nSPS) is 9.31. The third kappa shape index (κ3) is 2.09. The standard InChI is InChI=1S/C9H7F2NO/c1-2-3-13-6-4-7(10)9(12)8(11)5-6/h1,4-5H,3,12H2. The second-order valence-corrected chi connectivity index (χ2v) is 2.29. The minimum atomic E-state index is -0.855. The number of hydrogen-bond donors (Lipinski definition) is 1. The van der Waals surface area contributed by atoms with Crippen molar-refractivity contribution < 1.29 is 13.5 Å². The summed E-state index contributed by atoms with van der Waals surface area (Å²) < 4.78 is 30.3. The summed E-state index contributed by atoms with van der Waals surface area (Å²) in [6, 6.07) is 1.96. The van der Waals surface area contributed by atoms with Crippen molar-refractivity contribution in [2.24, 2.45) is 0 Å². The first-order chi connectivity index (χ1) is 6.15. The quantitative estimate of drug-likeness (QED) is 0.557. The van der Waals surface area contributed by atoms with E-state index in [0.717, 1.165) is 12.1 Å². The summed E-state index contributed by atoms with van der Waals surface area (Å²) in [5.41, 5.74) is 4.51. The molecule has 0 aliphatic rings. The van der Waals surface area contributed by atoms with Crippen LogP contribution < -0.4 is 10.5 Å². The maximum atomic E-state index is 12.8. The number of halogens is 2. The molecule has 0 heterocycles. The van der Waals surface area contributed by atoms with Gasteiger partial charge in [0.15, 0.2) is 11.6 Å². The van der Waals surface area contributed by atoms with Crippen molar-refractivity contribution in [3.05, 3.63) is 23.8 Å². The van der Waals surface area contributed by atoms with Crippen molar-refractivity contribution in [2.75, 3.05) is 12.3 Å². The predicted octanol–water partition coefficient (Wildman–Crippen LogP) is 1.56. The molecule has 0 aromatic heterocycles. The molecule has 0 saturated heterocycles. The van der Waals surface area contributed by atoms with Gasteiger partial charge < -0.3 is 10.5 Å². The van der Waals surface area contributed by atoms with Gasteiger partial charge in [0.1, 0.15) is 18.0 Å². The Labute approximate surface area is 74.3 Å². The van der Waals surface area contributed by atoms with Gasteiger partial charge in [-0.15, -0.1) is 6.42 Å². The molecule has 0 aliphatic carbocycles. The van der Waals surface area contributed by atoms with E-state index in [1.165, 1.54) is 0 Å². The molecule has 0 bridgehead atoms. The van der Waals surface area contributed by atoms with Crippen molar-refractivity contribution in [3.8, 4) is 18.1 Å². The molecule has 0 aliphatic heterocycles. The molecule has 13 heavy (non-hydrogen) atoms. The van der Waals surface area contributed by atoms with Crippen LogP contribution in [0.3, 0.4) is 0 Å². The van der Waals surface area contributed by atoms with E-state index in [1.54, 1.807) is 0 Å². The van der Waals surface area contributed by atoms with Crippen LogP contribution >= 0.6 is 0 Å². The van der Waals surface area contributed by atoms with Crippen LogP contribution in [0.4, 0.5) is 14.5 Å². The lowest BCUT2D eigenvalue weighted by Gasteiger charge is -2.04. The van der Waals surface area contributed by atoms with Gasteiger partial charge in [0.2, 0.25) is 0 Å². The largest absolute Gasteiger partial charge is 0.481 e. The summed E-state index contributed by atoms with van der Waals surface area (Å²) in [4.78, 5) is 0. The number of anilines is 1. The SMILES string of the molecule is C#CCOc1cc(F)c(N)c(F)c1. The van der Waals surface area contributed by atoms with E-state index in [4.69, 9.17) is 16.9 Å². The van der Waals surface area contributed by atoms with E-state index in [0.29, 0.717) is 0 Å². The first-order valence-electron chi connectivity index (χ1n) is 3.46. The zero-order valence-electron chi connectivity index (χ0n) is 6.68. The lowest BCUT2D eigenvalue weighted by molar-refractivity contribution is 0.365. The maximum Gasteiger partial charge on any atom is 0.152 e. The van der Waals surface area contributed by atoms with E-state index >= 15 is 0 Å². The van der Waals surface area contributed by atoms with E-state index in [-0.39, 0.29) is 12.4 Å². The highest BCUT2D eigenvalue weighted by Crippen LogP contribution is 2.21. The average Bonchev–Trinajstić information content (AvgIpc) is 2.10. The van der Waals surface area contributed by atoms with Crippen LogP contribution in [0.15, 0.2) is 12.1 Å². The van der Waals surface area contributed by atoms with Gasteiger partial charge in [-0.25, -0.2) is 8.78 Å². The zero-order chi connectivity index (χ0) is 9.84. The Balaban J connectivity index is 2.94. The van der Waals surface area contributed by atoms with Crippen molar-refractivity contribution in [1.29, 1.82) is 0 Å². The molecule has 4 heteroatoms. The number of rotatable bonds is 2. The molecule has 0 atom stereocenters. The third-order valence-corrected chi connectivity index (χ3v) is 1.37. The number of nitrogen functional groups attached to an aromatic ring is 1. The molecular formula is C9H7F2NO. The first-order valence-corrected chi connectivity index (χ1v) is 3.46. The van der Waals surface area contributed by atoms with Gasteiger partial charge in [0, 0.05) is 12.1 Å². The van der Waals surface area contributed by atoms with E-state index in [2.05, 4.69) is 5.92 Å². The molecule has 1 aromatic carbocycles. The van der Waals surface area contributed by atoms with Gasteiger partial charge in [-0.2, -0.15) is 0 Å². The number of nitrogens with two attached hydrogens (primary N) is 1. The topological polar surface area (TPSA) is 35.2 Å². The average molecular weight is 183 g/mol. The van der Waals surface area contributed by atoms with Crippen LogP contribution in [0, 0.1) is 24.0 Å². The number of terminal acetylenes is 1. The summed E-state index contributed by atoms with van der Waals surface area (Å²) in [5, 5.41) is 0. The van der Waals surface area contributed by atoms with Crippen molar-refractivity contribution in [1.82, 2.24) is 0 Å². The Morgan fingerprint density at radius 2 is 1.92 bits per heavy atom. The second kappa shape index (κ2) is 3.76. The van der Waals surface area contributed by atoms with Gasteiger partial charge >= 0.3 is 0 Å². The van der Waals surface area contributed by atoms with E-state index in [1.807, 2.05) is 0 Å². The fourth-order valence-corrected chi connectivity index (χ4v) is 0.769. The Morgan fingerprint density at radius 1 is 1.38 bits per heavy atom. The Bertz CT molecular complexity index is 334. The number of benzene rings is 1. The summed E-state index contributed by atoms with van der Waals surface area (Å²) in [6.45, 7) is -0.0389. The summed E-state index contributed by atoms with van der Waals surface area (Å²) >= 11 is 0. The van der Waals surface area contributed by atoms with Crippen LogP contribution in [-0.4, -0.2) is 6.61 Å². The van der Waals surface area contributed by atoms with Crippen molar-refractivity contribution in [2.45, 2.75) is 0 Å². The molecule has 0 unspecified atom stereocenters. The van der Waals surface area contributed by atoms with E-state index < -0.39 is 17.3 Å². The Hall–Kier alpha value is -1.76. The highest BCUT2D eigenvalue weighted by atomic mass is 19.1. The summed E-state index contributed by atoms with van der Waals surface area (Å²) in [7, 11) is 0. The molecular weight excluding hydrogens is 176 g/mol. The molecule has 2 N–H and O–H groups in total. The van der Waals surface area contributed by atoms with E-state index in [9.17, 15) is 8.78 Å². The van der Waals surface area contributed by atoms with Crippen LogP contribution in [0.2, 0.25) is 0 Å². The number of hydrogen-bond acceptors (Lipinski definition) is 2. The van der Waals surface area contributed by atoms with Crippen LogP contribution in [0.5, 0.6) is 5.75 Å².